The highest BCUT2D eigenvalue weighted by Crippen LogP contribution is 2.31. The molecule has 1 N–H and O–H groups in total. The molecule has 0 spiro atoms. The molecule has 0 bridgehead atoms. The third-order valence-electron chi connectivity index (χ3n) is 4.51. The van der Waals surface area contributed by atoms with Crippen LogP contribution in [-0.4, -0.2) is 16.6 Å². The molecule has 3 rings (SSSR count). The Morgan fingerprint density at radius 3 is 2.67 bits per heavy atom. The Bertz CT molecular complexity index is 914. The molecule has 0 aliphatic rings. The normalized spacial score (nSPS) is 12.9. The number of hydrogen-bond donors (Lipinski definition) is 1. The standard InChI is InChI=1S/C21H23N3OS2/c1-4-14(2)15(3)23-24-20(25)17-11-9-16(10-12-17)13-26-21-22-18-7-5-6-8-19(18)27-21/h5-12,14H,4,13H2,1-3H3,(H,24,25). The first-order chi connectivity index (χ1) is 13.1. The largest absolute Gasteiger partial charge is 0.271 e. The average molecular weight is 398 g/mol. The Hall–Kier alpha value is -2.18. The van der Waals surface area contributed by atoms with Crippen molar-refractivity contribution >= 4 is 44.9 Å². The van der Waals surface area contributed by atoms with E-state index in [1.165, 1.54) is 4.70 Å². The fourth-order valence-corrected chi connectivity index (χ4v) is 4.44. The molecule has 0 fully saturated rings. The van der Waals surface area contributed by atoms with Crippen LogP contribution in [-0.2, 0) is 5.75 Å². The molecule has 0 saturated carbocycles. The van der Waals surface area contributed by atoms with Crippen molar-refractivity contribution in [1.29, 1.82) is 0 Å². The number of nitrogens with one attached hydrogen (secondary N) is 1. The molecule has 6 heteroatoms. The topological polar surface area (TPSA) is 54.4 Å². The molecule has 0 radical (unpaired) electrons. The number of carbonyl (C=O) groups excluding carboxylic acids is 1. The van der Waals surface area contributed by atoms with Crippen LogP contribution in [0.25, 0.3) is 10.2 Å². The number of benzene rings is 2. The van der Waals surface area contributed by atoms with E-state index in [-0.39, 0.29) is 5.91 Å². The van der Waals surface area contributed by atoms with Gasteiger partial charge in [0.15, 0.2) is 4.34 Å². The lowest BCUT2D eigenvalue weighted by atomic mass is 10.1. The zero-order valence-electron chi connectivity index (χ0n) is 15.7. The molecule has 1 unspecified atom stereocenters. The molecule has 1 atom stereocenters. The van der Waals surface area contributed by atoms with Crippen LogP contribution in [0.3, 0.4) is 0 Å². The Balaban J connectivity index is 1.57. The molecule has 0 aliphatic heterocycles. The molecule has 4 nitrogen and oxygen atoms in total. The zero-order chi connectivity index (χ0) is 19.2. The highest BCUT2D eigenvalue weighted by Gasteiger charge is 2.08. The minimum Gasteiger partial charge on any atom is -0.267 e. The lowest BCUT2D eigenvalue weighted by Crippen LogP contribution is -2.20. The molecular weight excluding hydrogens is 374 g/mol. The quantitative estimate of drug-likeness (QED) is 0.314. The van der Waals surface area contributed by atoms with Gasteiger partial charge in [0.2, 0.25) is 0 Å². The van der Waals surface area contributed by atoms with Crippen LogP contribution in [0.15, 0.2) is 58.0 Å². The minimum absolute atomic E-state index is 0.178. The first-order valence-electron chi connectivity index (χ1n) is 8.98. The van der Waals surface area contributed by atoms with Crippen molar-refractivity contribution in [3.63, 3.8) is 0 Å². The van der Waals surface area contributed by atoms with Gasteiger partial charge in [0.25, 0.3) is 5.91 Å². The summed E-state index contributed by atoms with van der Waals surface area (Å²) in [5.41, 5.74) is 6.41. The Morgan fingerprint density at radius 1 is 1.22 bits per heavy atom. The highest BCUT2D eigenvalue weighted by molar-refractivity contribution is 8.00. The van der Waals surface area contributed by atoms with Crippen LogP contribution < -0.4 is 5.43 Å². The molecule has 1 aromatic heterocycles. The average Bonchev–Trinajstić information content (AvgIpc) is 3.13. The summed E-state index contributed by atoms with van der Waals surface area (Å²) in [6.07, 6.45) is 1.01. The maximum Gasteiger partial charge on any atom is 0.271 e. The number of carbonyl (C=O) groups is 1. The van der Waals surface area contributed by atoms with Crippen LogP contribution in [0.4, 0.5) is 0 Å². The second kappa shape index (κ2) is 9.15. The lowest BCUT2D eigenvalue weighted by molar-refractivity contribution is 0.0954. The van der Waals surface area contributed by atoms with Gasteiger partial charge in [0, 0.05) is 17.0 Å². The van der Waals surface area contributed by atoms with Crippen LogP contribution in [0, 0.1) is 5.92 Å². The third-order valence-corrected chi connectivity index (χ3v) is 6.76. The van der Waals surface area contributed by atoms with Crippen molar-refractivity contribution in [2.24, 2.45) is 11.0 Å². The Morgan fingerprint density at radius 2 is 1.96 bits per heavy atom. The van der Waals surface area contributed by atoms with E-state index < -0.39 is 0 Å². The summed E-state index contributed by atoms with van der Waals surface area (Å²) in [6.45, 7) is 6.15. The van der Waals surface area contributed by atoms with Gasteiger partial charge in [-0.2, -0.15) is 5.10 Å². The van der Waals surface area contributed by atoms with E-state index in [4.69, 9.17) is 0 Å². The number of thiazole rings is 1. The van der Waals surface area contributed by atoms with Crippen LogP contribution in [0.5, 0.6) is 0 Å². The summed E-state index contributed by atoms with van der Waals surface area (Å²) in [5.74, 6) is 1.02. The molecule has 3 aromatic rings. The molecular formula is C21H23N3OS2. The van der Waals surface area contributed by atoms with E-state index in [1.807, 2.05) is 49.4 Å². The number of aromatic nitrogens is 1. The number of hydrazone groups is 1. The van der Waals surface area contributed by atoms with E-state index in [1.54, 1.807) is 23.1 Å². The number of nitrogens with zero attached hydrogens (tertiary/aromatic N) is 2. The Labute approximate surface area is 168 Å². The summed E-state index contributed by atoms with van der Waals surface area (Å²) < 4.78 is 2.27. The molecule has 1 heterocycles. The molecule has 27 heavy (non-hydrogen) atoms. The zero-order valence-corrected chi connectivity index (χ0v) is 17.4. The van der Waals surface area contributed by atoms with Crippen LogP contribution >= 0.6 is 23.1 Å². The number of hydrogen-bond acceptors (Lipinski definition) is 5. The predicted octanol–water partition coefficient (Wildman–Crippen LogP) is 5.74. The van der Waals surface area contributed by atoms with E-state index >= 15 is 0 Å². The fraction of sp³-hybridized carbons (Fsp3) is 0.286. The number of fused-ring (bicyclic) bond motifs is 1. The van der Waals surface area contributed by atoms with E-state index in [0.29, 0.717) is 11.5 Å². The van der Waals surface area contributed by atoms with Crippen molar-refractivity contribution in [3.05, 3.63) is 59.7 Å². The molecule has 140 valence electrons. The fourth-order valence-electron chi connectivity index (χ4n) is 2.42. The van der Waals surface area contributed by atoms with Gasteiger partial charge in [-0.3, -0.25) is 4.79 Å². The van der Waals surface area contributed by atoms with Crippen molar-refractivity contribution in [2.75, 3.05) is 0 Å². The summed E-state index contributed by atoms with van der Waals surface area (Å²) in [7, 11) is 0. The van der Waals surface area contributed by atoms with Crippen molar-refractivity contribution < 1.29 is 4.79 Å². The molecule has 0 saturated heterocycles. The van der Waals surface area contributed by atoms with Gasteiger partial charge < -0.3 is 0 Å². The van der Waals surface area contributed by atoms with Crippen molar-refractivity contribution in [2.45, 2.75) is 37.3 Å². The maximum absolute atomic E-state index is 12.2. The summed E-state index contributed by atoms with van der Waals surface area (Å²) in [5, 5.41) is 4.20. The molecule has 2 aromatic carbocycles. The SMILES string of the molecule is CCC(C)C(C)=NNC(=O)c1ccc(CSc2nc3ccccc3s2)cc1. The van der Waals surface area contributed by atoms with Crippen LogP contribution in [0.2, 0.25) is 0 Å². The monoisotopic (exact) mass is 397 g/mol. The highest BCUT2D eigenvalue weighted by atomic mass is 32.2. The second-order valence-corrected chi connectivity index (χ2v) is 8.69. The van der Waals surface area contributed by atoms with E-state index in [2.05, 4.69) is 35.4 Å². The summed E-state index contributed by atoms with van der Waals surface area (Å²) in [4.78, 5) is 16.9. The predicted molar refractivity (Wildman–Crippen MR) is 116 cm³/mol. The lowest BCUT2D eigenvalue weighted by Gasteiger charge is -2.08. The number of amides is 1. The third kappa shape index (κ3) is 5.17. The number of thioether (sulfide) groups is 1. The van der Waals surface area contributed by atoms with Gasteiger partial charge >= 0.3 is 0 Å². The van der Waals surface area contributed by atoms with Gasteiger partial charge in [-0.05, 0) is 49.1 Å². The first kappa shape index (κ1) is 19.6. The first-order valence-corrected chi connectivity index (χ1v) is 10.8. The number of rotatable bonds is 7. The smallest absolute Gasteiger partial charge is 0.267 e. The van der Waals surface area contributed by atoms with Gasteiger partial charge in [-0.25, -0.2) is 10.4 Å². The van der Waals surface area contributed by atoms with Gasteiger partial charge in [-0.15, -0.1) is 11.3 Å². The molecule has 0 aliphatic carbocycles. The van der Waals surface area contributed by atoms with Crippen LogP contribution in [0.1, 0.15) is 43.1 Å². The maximum atomic E-state index is 12.2. The Kier molecular flexibility index (Phi) is 6.63. The van der Waals surface area contributed by atoms with Crippen molar-refractivity contribution in [1.82, 2.24) is 10.4 Å². The van der Waals surface area contributed by atoms with Gasteiger partial charge in [0.1, 0.15) is 0 Å². The van der Waals surface area contributed by atoms with E-state index in [0.717, 1.165) is 33.3 Å². The summed E-state index contributed by atoms with van der Waals surface area (Å²) >= 11 is 3.43. The second-order valence-electron chi connectivity index (χ2n) is 6.44. The van der Waals surface area contributed by atoms with Gasteiger partial charge in [-0.1, -0.05) is 49.9 Å². The summed E-state index contributed by atoms with van der Waals surface area (Å²) in [6, 6.07) is 15.8. The van der Waals surface area contributed by atoms with Gasteiger partial charge in [0.05, 0.1) is 10.2 Å². The minimum atomic E-state index is -0.178. The molecule has 1 amide bonds. The van der Waals surface area contributed by atoms with E-state index in [9.17, 15) is 4.79 Å². The number of para-hydroxylation sites is 1. The van der Waals surface area contributed by atoms with Crippen molar-refractivity contribution in [3.8, 4) is 0 Å².